The van der Waals surface area contributed by atoms with E-state index in [2.05, 4.69) is 15.2 Å². The fourth-order valence-corrected chi connectivity index (χ4v) is 4.04. The third-order valence-electron chi connectivity index (χ3n) is 5.36. The highest BCUT2D eigenvalue weighted by Crippen LogP contribution is 2.28. The number of benzene rings is 1. The number of rotatable bonds is 3. The van der Waals surface area contributed by atoms with Gasteiger partial charge in [-0.3, -0.25) is 14.7 Å². The molecule has 0 unspecified atom stereocenters. The van der Waals surface area contributed by atoms with Crippen molar-refractivity contribution in [1.29, 1.82) is 0 Å². The summed E-state index contributed by atoms with van der Waals surface area (Å²) in [5.74, 6) is -0.153. The molecule has 2 aromatic rings. The monoisotopic (exact) mass is 325 g/mol. The lowest BCUT2D eigenvalue weighted by Gasteiger charge is -2.28. The van der Waals surface area contributed by atoms with Crippen LogP contribution in [-0.2, 0) is 0 Å². The first-order chi connectivity index (χ1) is 11.7. The van der Waals surface area contributed by atoms with Gasteiger partial charge in [0.05, 0.1) is 23.2 Å². The molecule has 5 nitrogen and oxygen atoms in total. The average Bonchev–Trinajstić information content (AvgIpc) is 3.25. The van der Waals surface area contributed by atoms with Crippen LogP contribution in [0.25, 0.3) is 10.9 Å². The van der Waals surface area contributed by atoms with Crippen LogP contribution >= 0.6 is 0 Å². The Kier molecular flexibility index (Phi) is 4.21. The molecule has 0 spiro atoms. The number of nitrogens with zero attached hydrogens (tertiary/aromatic N) is 2. The van der Waals surface area contributed by atoms with Gasteiger partial charge in [-0.1, -0.05) is 18.2 Å². The maximum absolute atomic E-state index is 12.5. The zero-order valence-corrected chi connectivity index (χ0v) is 13.7. The Labute approximate surface area is 141 Å². The summed E-state index contributed by atoms with van der Waals surface area (Å²) in [7, 11) is 0. The number of para-hydroxylation sites is 1. The van der Waals surface area contributed by atoms with Gasteiger partial charge < -0.3 is 10.4 Å². The Morgan fingerprint density at radius 2 is 2.00 bits per heavy atom. The summed E-state index contributed by atoms with van der Waals surface area (Å²) >= 11 is 0. The van der Waals surface area contributed by atoms with E-state index in [-0.39, 0.29) is 18.0 Å². The molecule has 126 valence electrons. The molecule has 2 fully saturated rings. The van der Waals surface area contributed by atoms with Crippen molar-refractivity contribution >= 4 is 16.8 Å². The van der Waals surface area contributed by atoms with Gasteiger partial charge in [0.25, 0.3) is 5.91 Å². The lowest BCUT2D eigenvalue weighted by atomic mass is 10.1. The van der Waals surface area contributed by atoms with Gasteiger partial charge in [-0.2, -0.15) is 0 Å². The van der Waals surface area contributed by atoms with Gasteiger partial charge >= 0.3 is 0 Å². The van der Waals surface area contributed by atoms with Crippen LogP contribution in [0.4, 0.5) is 0 Å². The number of hydrogen-bond acceptors (Lipinski definition) is 4. The molecule has 1 saturated heterocycles. The first-order valence-electron chi connectivity index (χ1n) is 8.80. The third-order valence-corrected chi connectivity index (χ3v) is 5.36. The molecule has 2 aliphatic rings. The van der Waals surface area contributed by atoms with Crippen molar-refractivity contribution in [2.45, 2.75) is 43.9 Å². The molecule has 2 N–H and O–H groups in total. The van der Waals surface area contributed by atoms with Crippen LogP contribution in [0.2, 0.25) is 0 Å². The highest BCUT2D eigenvalue weighted by Gasteiger charge is 2.39. The van der Waals surface area contributed by atoms with E-state index in [9.17, 15) is 9.90 Å². The number of fused-ring (bicyclic) bond motifs is 1. The van der Waals surface area contributed by atoms with E-state index in [0.29, 0.717) is 5.56 Å². The van der Waals surface area contributed by atoms with Crippen LogP contribution < -0.4 is 5.32 Å². The largest absolute Gasteiger partial charge is 0.389 e. The number of carbonyl (C=O) groups excluding carboxylic acids is 1. The molecule has 1 aromatic carbocycles. The topological polar surface area (TPSA) is 65.5 Å². The van der Waals surface area contributed by atoms with Gasteiger partial charge in [-0.15, -0.1) is 0 Å². The summed E-state index contributed by atoms with van der Waals surface area (Å²) in [6.07, 6.45) is 5.32. The predicted octanol–water partition coefficient (Wildman–Crippen LogP) is 1.95. The maximum atomic E-state index is 12.5. The molecule has 1 aliphatic heterocycles. The molecule has 0 bridgehead atoms. The van der Waals surface area contributed by atoms with Crippen LogP contribution in [0.3, 0.4) is 0 Å². The van der Waals surface area contributed by atoms with E-state index in [0.717, 1.165) is 36.8 Å². The normalized spacial score (nSPS) is 27.6. The first kappa shape index (κ1) is 15.5. The zero-order valence-electron chi connectivity index (χ0n) is 13.7. The van der Waals surface area contributed by atoms with Gasteiger partial charge in [-0.05, 0) is 50.9 Å². The molecule has 4 rings (SSSR count). The van der Waals surface area contributed by atoms with Crippen molar-refractivity contribution < 1.29 is 9.90 Å². The van der Waals surface area contributed by atoms with Gasteiger partial charge in [0, 0.05) is 17.6 Å². The quantitative estimate of drug-likeness (QED) is 0.905. The summed E-state index contributed by atoms with van der Waals surface area (Å²) < 4.78 is 0. The number of nitrogens with one attached hydrogen (secondary N) is 1. The SMILES string of the molecule is O=C(N[C@@H]1CC[C@@H](N2CCCC2)[C@@H]1O)c1cnc2ccccc2c1. The van der Waals surface area contributed by atoms with E-state index >= 15 is 0 Å². The van der Waals surface area contributed by atoms with Crippen LogP contribution in [0, 0.1) is 0 Å². The molecule has 1 amide bonds. The molecular weight excluding hydrogens is 302 g/mol. The number of pyridine rings is 1. The molecule has 24 heavy (non-hydrogen) atoms. The molecular formula is C19H23N3O2. The van der Waals surface area contributed by atoms with E-state index in [4.69, 9.17) is 0 Å². The fraction of sp³-hybridized carbons (Fsp3) is 0.474. The van der Waals surface area contributed by atoms with Crippen LogP contribution in [-0.4, -0.2) is 52.2 Å². The Hall–Kier alpha value is -1.98. The number of likely N-dealkylation sites (tertiary alicyclic amines) is 1. The van der Waals surface area contributed by atoms with E-state index in [1.165, 1.54) is 12.8 Å². The summed E-state index contributed by atoms with van der Waals surface area (Å²) in [5, 5.41) is 14.6. The summed E-state index contributed by atoms with van der Waals surface area (Å²) in [6.45, 7) is 2.13. The molecule has 0 radical (unpaired) electrons. The van der Waals surface area contributed by atoms with Crippen molar-refractivity contribution in [3.05, 3.63) is 42.1 Å². The van der Waals surface area contributed by atoms with Crippen molar-refractivity contribution in [1.82, 2.24) is 15.2 Å². The van der Waals surface area contributed by atoms with E-state index in [1.807, 2.05) is 30.3 Å². The molecule has 3 atom stereocenters. The van der Waals surface area contributed by atoms with Crippen molar-refractivity contribution in [2.24, 2.45) is 0 Å². The second kappa shape index (κ2) is 6.49. The third kappa shape index (κ3) is 2.89. The van der Waals surface area contributed by atoms with Gasteiger partial charge in [0.1, 0.15) is 0 Å². The smallest absolute Gasteiger partial charge is 0.253 e. The van der Waals surface area contributed by atoms with Crippen molar-refractivity contribution in [3.63, 3.8) is 0 Å². The van der Waals surface area contributed by atoms with Crippen molar-refractivity contribution in [3.8, 4) is 0 Å². The molecule has 2 heterocycles. The minimum Gasteiger partial charge on any atom is -0.389 e. The Morgan fingerprint density at radius 1 is 1.21 bits per heavy atom. The average molecular weight is 325 g/mol. The standard InChI is InChI=1S/C19H23N3O2/c23-18-16(7-8-17(18)22-9-3-4-10-22)21-19(24)14-11-13-5-1-2-6-15(13)20-12-14/h1-2,5-6,11-12,16-18,23H,3-4,7-10H2,(H,21,24)/t16-,17-,18-/m1/s1. The number of hydrogen-bond donors (Lipinski definition) is 2. The predicted molar refractivity (Wildman–Crippen MR) is 92.8 cm³/mol. The lowest BCUT2D eigenvalue weighted by molar-refractivity contribution is 0.0619. The minimum atomic E-state index is -0.486. The number of carbonyl (C=O) groups is 1. The minimum absolute atomic E-state index is 0.153. The number of amides is 1. The lowest BCUT2D eigenvalue weighted by Crippen LogP contribution is -2.47. The Morgan fingerprint density at radius 3 is 2.83 bits per heavy atom. The van der Waals surface area contributed by atoms with E-state index < -0.39 is 6.10 Å². The number of aliphatic hydroxyl groups excluding tert-OH is 1. The van der Waals surface area contributed by atoms with E-state index in [1.54, 1.807) is 6.20 Å². The van der Waals surface area contributed by atoms with Crippen LogP contribution in [0.15, 0.2) is 36.5 Å². The number of aliphatic hydroxyl groups is 1. The molecule has 1 saturated carbocycles. The van der Waals surface area contributed by atoms with Gasteiger partial charge in [-0.25, -0.2) is 0 Å². The van der Waals surface area contributed by atoms with Gasteiger partial charge in [0.2, 0.25) is 0 Å². The summed E-state index contributed by atoms with van der Waals surface area (Å²) in [4.78, 5) is 19.3. The fourth-order valence-electron chi connectivity index (χ4n) is 4.04. The first-order valence-corrected chi connectivity index (χ1v) is 8.80. The Balaban J connectivity index is 1.45. The molecule has 1 aliphatic carbocycles. The highest BCUT2D eigenvalue weighted by atomic mass is 16.3. The molecule has 5 heteroatoms. The van der Waals surface area contributed by atoms with Crippen LogP contribution in [0.1, 0.15) is 36.0 Å². The zero-order chi connectivity index (χ0) is 16.5. The summed E-state index contributed by atoms with van der Waals surface area (Å²) in [6, 6.07) is 9.62. The van der Waals surface area contributed by atoms with Gasteiger partial charge in [0.15, 0.2) is 0 Å². The maximum Gasteiger partial charge on any atom is 0.253 e. The highest BCUT2D eigenvalue weighted by molar-refractivity contribution is 5.97. The summed E-state index contributed by atoms with van der Waals surface area (Å²) in [5.41, 5.74) is 1.43. The van der Waals surface area contributed by atoms with Crippen LogP contribution in [0.5, 0.6) is 0 Å². The number of aromatic nitrogens is 1. The second-order valence-electron chi connectivity index (χ2n) is 6.88. The second-order valence-corrected chi connectivity index (χ2v) is 6.88. The molecule has 1 aromatic heterocycles. The Bertz CT molecular complexity index is 742. The van der Waals surface area contributed by atoms with Crippen molar-refractivity contribution in [2.75, 3.05) is 13.1 Å².